The Kier molecular flexibility index (Phi) is 5.38. The first-order valence-corrected chi connectivity index (χ1v) is 7.07. The summed E-state index contributed by atoms with van der Waals surface area (Å²) in [5, 5.41) is 5.84. The Morgan fingerprint density at radius 3 is 2.55 bits per heavy atom. The van der Waals surface area contributed by atoms with Gasteiger partial charge >= 0.3 is 0 Å². The Hall–Kier alpha value is -1.59. The second-order valence-electron chi connectivity index (χ2n) is 4.98. The molecule has 1 aromatic carbocycles. The number of hydrogen-bond donors (Lipinski definition) is 2. The van der Waals surface area contributed by atoms with E-state index in [1.54, 1.807) is 7.05 Å². The summed E-state index contributed by atoms with van der Waals surface area (Å²) in [6, 6.07) is 8.29. The van der Waals surface area contributed by atoms with Gasteiger partial charge in [-0.15, -0.1) is 0 Å². The number of nitrogens with one attached hydrogen (secondary N) is 2. The highest BCUT2D eigenvalue weighted by Gasteiger charge is 2.12. The van der Waals surface area contributed by atoms with Crippen molar-refractivity contribution in [1.29, 1.82) is 0 Å². The molecular formula is C15H23N3O2. The molecular weight excluding hydrogens is 254 g/mol. The van der Waals surface area contributed by atoms with Crippen LogP contribution >= 0.6 is 0 Å². The van der Waals surface area contributed by atoms with Crippen LogP contribution in [0.1, 0.15) is 12.5 Å². The van der Waals surface area contributed by atoms with Crippen LogP contribution in [0.4, 0.5) is 5.69 Å². The molecule has 0 radical (unpaired) electrons. The molecule has 1 fully saturated rings. The van der Waals surface area contributed by atoms with E-state index in [1.165, 1.54) is 11.3 Å². The third-order valence-electron chi connectivity index (χ3n) is 3.56. The van der Waals surface area contributed by atoms with Crippen molar-refractivity contribution in [3.8, 4) is 0 Å². The van der Waals surface area contributed by atoms with Crippen LogP contribution in [-0.4, -0.2) is 45.3 Å². The molecule has 5 nitrogen and oxygen atoms in total. The van der Waals surface area contributed by atoms with E-state index in [4.69, 9.17) is 4.74 Å². The van der Waals surface area contributed by atoms with Gasteiger partial charge in [0.25, 0.3) is 0 Å². The minimum atomic E-state index is -0.182. The summed E-state index contributed by atoms with van der Waals surface area (Å²) in [4.78, 5) is 13.7. The molecule has 0 aliphatic carbocycles. The molecule has 1 atom stereocenters. The van der Waals surface area contributed by atoms with E-state index in [1.807, 2.05) is 6.92 Å². The second kappa shape index (κ2) is 7.26. The molecule has 110 valence electrons. The molecule has 1 saturated heterocycles. The topological polar surface area (TPSA) is 53.6 Å². The molecule has 1 unspecified atom stereocenters. The van der Waals surface area contributed by atoms with Gasteiger partial charge in [-0.1, -0.05) is 12.1 Å². The highest BCUT2D eigenvalue weighted by molar-refractivity contribution is 5.80. The molecule has 0 saturated carbocycles. The average Bonchev–Trinajstić information content (AvgIpc) is 2.53. The van der Waals surface area contributed by atoms with Crippen LogP contribution in [0.3, 0.4) is 0 Å². The molecule has 1 heterocycles. The summed E-state index contributed by atoms with van der Waals surface area (Å²) in [6.45, 7) is 6.05. The van der Waals surface area contributed by atoms with Crippen molar-refractivity contribution < 1.29 is 9.53 Å². The fourth-order valence-electron chi connectivity index (χ4n) is 2.23. The summed E-state index contributed by atoms with van der Waals surface area (Å²) in [5.74, 6) is 0.00920. The molecule has 0 aromatic heterocycles. The van der Waals surface area contributed by atoms with Crippen LogP contribution < -0.4 is 15.5 Å². The van der Waals surface area contributed by atoms with E-state index in [0.717, 1.165) is 26.3 Å². The van der Waals surface area contributed by atoms with Crippen molar-refractivity contribution >= 4 is 11.6 Å². The lowest BCUT2D eigenvalue weighted by Crippen LogP contribution is -2.40. The van der Waals surface area contributed by atoms with Gasteiger partial charge in [0.05, 0.1) is 19.3 Å². The van der Waals surface area contributed by atoms with Crippen LogP contribution in [-0.2, 0) is 16.1 Å². The number of anilines is 1. The van der Waals surface area contributed by atoms with Gasteiger partial charge in [0.15, 0.2) is 0 Å². The minimum absolute atomic E-state index is 0.00920. The van der Waals surface area contributed by atoms with Gasteiger partial charge in [-0.25, -0.2) is 0 Å². The van der Waals surface area contributed by atoms with Crippen molar-refractivity contribution in [2.75, 3.05) is 38.3 Å². The first kappa shape index (κ1) is 14.8. The SMILES string of the molecule is CNC(=O)C(C)NCc1ccc(N2CCOCC2)cc1. The Morgan fingerprint density at radius 2 is 1.95 bits per heavy atom. The number of nitrogens with zero attached hydrogens (tertiary/aromatic N) is 1. The number of amides is 1. The van der Waals surface area contributed by atoms with Crippen molar-refractivity contribution in [2.24, 2.45) is 0 Å². The molecule has 0 bridgehead atoms. The zero-order chi connectivity index (χ0) is 14.4. The van der Waals surface area contributed by atoms with Gasteiger partial charge in [0.1, 0.15) is 0 Å². The zero-order valence-electron chi connectivity index (χ0n) is 12.2. The molecule has 1 amide bonds. The number of carbonyl (C=O) groups is 1. The molecule has 1 aromatic rings. The lowest BCUT2D eigenvalue weighted by Gasteiger charge is -2.29. The maximum Gasteiger partial charge on any atom is 0.236 e. The molecule has 1 aliphatic rings. The predicted octanol–water partition coefficient (Wildman–Crippen LogP) is 0.747. The van der Waals surface area contributed by atoms with E-state index >= 15 is 0 Å². The summed E-state index contributed by atoms with van der Waals surface area (Å²) in [7, 11) is 1.65. The predicted molar refractivity (Wildman–Crippen MR) is 79.8 cm³/mol. The van der Waals surface area contributed by atoms with Gasteiger partial charge in [0, 0.05) is 32.4 Å². The van der Waals surface area contributed by atoms with E-state index in [9.17, 15) is 4.79 Å². The lowest BCUT2D eigenvalue weighted by molar-refractivity contribution is -0.122. The Bertz CT molecular complexity index is 427. The Morgan fingerprint density at radius 1 is 1.30 bits per heavy atom. The fraction of sp³-hybridized carbons (Fsp3) is 0.533. The largest absolute Gasteiger partial charge is 0.378 e. The molecule has 1 aliphatic heterocycles. The van der Waals surface area contributed by atoms with E-state index in [0.29, 0.717) is 6.54 Å². The van der Waals surface area contributed by atoms with Crippen molar-refractivity contribution in [3.05, 3.63) is 29.8 Å². The maximum absolute atomic E-state index is 11.4. The molecule has 2 N–H and O–H groups in total. The Labute approximate surface area is 120 Å². The summed E-state index contributed by atoms with van der Waals surface area (Å²) >= 11 is 0. The van der Waals surface area contributed by atoms with Crippen molar-refractivity contribution in [3.63, 3.8) is 0 Å². The first-order chi connectivity index (χ1) is 9.70. The number of carbonyl (C=O) groups excluding carboxylic acids is 1. The van der Waals surface area contributed by atoms with Gasteiger partial charge in [-0.3, -0.25) is 4.79 Å². The second-order valence-corrected chi connectivity index (χ2v) is 4.98. The van der Waals surface area contributed by atoms with Gasteiger partial charge in [-0.05, 0) is 24.6 Å². The van der Waals surface area contributed by atoms with Crippen LogP contribution in [0.2, 0.25) is 0 Å². The third kappa shape index (κ3) is 3.95. The molecule has 5 heteroatoms. The van der Waals surface area contributed by atoms with Crippen LogP contribution in [0.5, 0.6) is 0 Å². The third-order valence-corrected chi connectivity index (χ3v) is 3.56. The number of benzene rings is 1. The van der Waals surface area contributed by atoms with Crippen LogP contribution in [0.25, 0.3) is 0 Å². The summed E-state index contributed by atoms with van der Waals surface area (Å²) in [5.41, 5.74) is 2.41. The number of ether oxygens (including phenoxy) is 1. The molecule has 2 rings (SSSR count). The monoisotopic (exact) mass is 277 g/mol. The number of morpholine rings is 1. The van der Waals surface area contributed by atoms with Crippen LogP contribution in [0.15, 0.2) is 24.3 Å². The van der Waals surface area contributed by atoms with Crippen molar-refractivity contribution in [1.82, 2.24) is 10.6 Å². The summed E-state index contributed by atoms with van der Waals surface area (Å²) < 4.78 is 5.35. The highest BCUT2D eigenvalue weighted by Crippen LogP contribution is 2.16. The van der Waals surface area contributed by atoms with Gasteiger partial charge < -0.3 is 20.3 Å². The molecule has 20 heavy (non-hydrogen) atoms. The quantitative estimate of drug-likeness (QED) is 0.834. The summed E-state index contributed by atoms with van der Waals surface area (Å²) in [6.07, 6.45) is 0. The maximum atomic E-state index is 11.4. The van der Waals surface area contributed by atoms with E-state index in [-0.39, 0.29) is 11.9 Å². The normalized spacial score (nSPS) is 16.8. The van der Waals surface area contributed by atoms with Gasteiger partial charge in [-0.2, -0.15) is 0 Å². The fourth-order valence-corrected chi connectivity index (χ4v) is 2.23. The standard InChI is InChI=1S/C15H23N3O2/c1-12(15(19)16-2)17-11-13-3-5-14(6-4-13)18-7-9-20-10-8-18/h3-6,12,17H,7-11H2,1-2H3,(H,16,19). The number of likely N-dealkylation sites (N-methyl/N-ethyl adjacent to an activating group) is 1. The highest BCUT2D eigenvalue weighted by atomic mass is 16.5. The first-order valence-electron chi connectivity index (χ1n) is 7.07. The smallest absolute Gasteiger partial charge is 0.236 e. The molecule has 0 spiro atoms. The minimum Gasteiger partial charge on any atom is -0.378 e. The number of hydrogen-bond acceptors (Lipinski definition) is 4. The van der Waals surface area contributed by atoms with E-state index < -0.39 is 0 Å². The average molecular weight is 277 g/mol. The number of rotatable bonds is 5. The lowest BCUT2D eigenvalue weighted by atomic mass is 10.1. The van der Waals surface area contributed by atoms with Gasteiger partial charge in [0.2, 0.25) is 5.91 Å². The Balaban J connectivity index is 1.86. The van der Waals surface area contributed by atoms with Crippen LogP contribution in [0, 0.1) is 0 Å². The zero-order valence-corrected chi connectivity index (χ0v) is 12.2. The van der Waals surface area contributed by atoms with E-state index in [2.05, 4.69) is 39.8 Å². The van der Waals surface area contributed by atoms with Crippen molar-refractivity contribution in [2.45, 2.75) is 19.5 Å².